The van der Waals surface area contributed by atoms with Crippen LogP contribution in [0.3, 0.4) is 0 Å². The molecule has 0 fully saturated rings. The maximum atomic E-state index is 11.7. The molecule has 1 aromatic heterocycles. The molecule has 1 amide bonds. The second-order valence-corrected chi connectivity index (χ2v) is 3.95. The average Bonchev–Trinajstić information content (AvgIpc) is 2.74. The van der Waals surface area contributed by atoms with Crippen LogP contribution in [-0.2, 0) is 16.1 Å². The monoisotopic (exact) mass is 246 g/mol. The van der Waals surface area contributed by atoms with Crippen LogP contribution in [0, 0.1) is 0 Å². The number of hydrogen-bond donors (Lipinski definition) is 1. The molecule has 0 saturated carbocycles. The van der Waals surface area contributed by atoms with Gasteiger partial charge in [0.15, 0.2) is 0 Å². The number of amides is 1. The van der Waals surface area contributed by atoms with Crippen molar-refractivity contribution < 1.29 is 14.3 Å². The lowest BCUT2D eigenvalue weighted by Gasteiger charge is -2.07. The molecule has 0 atom stereocenters. The summed E-state index contributed by atoms with van der Waals surface area (Å²) in [6.45, 7) is 0.368. The second kappa shape index (κ2) is 4.91. The van der Waals surface area contributed by atoms with Gasteiger partial charge in [-0.05, 0) is 12.1 Å². The molecule has 0 unspecified atom stereocenters. The number of fused-ring (bicyclic) bond motifs is 1. The first-order valence-electron chi connectivity index (χ1n) is 5.58. The summed E-state index contributed by atoms with van der Waals surface area (Å²) in [7, 11) is 1.33. The highest BCUT2D eigenvalue weighted by Crippen LogP contribution is 2.20. The molecule has 0 aliphatic heterocycles. The maximum absolute atomic E-state index is 11.7. The topological polar surface area (TPSA) is 74.3 Å². The van der Waals surface area contributed by atoms with Gasteiger partial charge in [-0.1, -0.05) is 18.2 Å². The fourth-order valence-electron chi connectivity index (χ4n) is 1.95. The van der Waals surface area contributed by atoms with E-state index in [1.165, 1.54) is 7.11 Å². The van der Waals surface area contributed by atoms with Crippen LogP contribution >= 0.6 is 0 Å². The van der Waals surface area contributed by atoms with Gasteiger partial charge in [0, 0.05) is 23.9 Å². The van der Waals surface area contributed by atoms with Gasteiger partial charge >= 0.3 is 5.97 Å². The Labute approximate surface area is 104 Å². The highest BCUT2D eigenvalue weighted by atomic mass is 16.5. The fourth-order valence-corrected chi connectivity index (χ4v) is 1.95. The van der Waals surface area contributed by atoms with E-state index in [1.807, 2.05) is 24.3 Å². The number of rotatable bonds is 4. The summed E-state index contributed by atoms with van der Waals surface area (Å²) in [6, 6.07) is 9.32. The van der Waals surface area contributed by atoms with E-state index in [2.05, 4.69) is 0 Å². The Morgan fingerprint density at radius 2 is 2.06 bits per heavy atom. The molecule has 94 valence electrons. The number of carbonyl (C=O) groups is 2. The van der Waals surface area contributed by atoms with Crippen LogP contribution in [0.2, 0.25) is 0 Å². The first kappa shape index (κ1) is 12.2. The molecule has 0 radical (unpaired) electrons. The number of primary amides is 1. The van der Waals surface area contributed by atoms with Crippen molar-refractivity contribution in [1.29, 1.82) is 0 Å². The van der Waals surface area contributed by atoms with Gasteiger partial charge in [-0.15, -0.1) is 0 Å². The van der Waals surface area contributed by atoms with E-state index in [9.17, 15) is 9.59 Å². The molecule has 1 aromatic carbocycles. The third kappa shape index (κ3) is 2.20. The SMILES string of the molecule is COC(=O)c1cc2ccccc2n1CCC(N)=O. The zero-order valence-corrected chi connectivity index (χ0v) is 10.1. The molecular formula is C13H14N2O3. The summed E-state index contributed by atoms with van der Waals surface area (Å²) in [6.07, 6.45) is 0.183. The number of ether oxygens (including phenoxy) is 1. The summed E-state index contributed by atoms with van der Waals surface area (Å²) < 4.78 is 6.49. The Morgan fingerprint density at radius 1 is 1.33 bits per heavy atom. The van der Waals surface area contributed by atoms with Crippen LogP contribution in [0.5, 0.6) is 0 Å². The number of hydrogen-bond acceptors (Lipinski definition) is 3. The number of nitrogens with two attached hydrogens (primary N) is 1. The number of benzene rings is 1. The Balaban J connectivity index is 2.50. The number of esters is 1. The van der Waals surface area contributed by atoms with E-state index >= 15 is 0 Å². The van der Waals surface area contributed by atoms with Crippen molar-refractivity contribution in [2.24, 2.45) is 5.73 Å². The molecule has 2 N–H and O–H groups in total. The van der Waals surface area contributed by atoms with Gasteiger partial charge in [0.05, 0.1) is 7.11 Å². The van der Waals surface area contributed by atoms with Crippen molar-refractivity contribution in [3.8, 4) is 0 Å². The second-order valence-electron chi connectivity index (χ2n) is 3.95. The summed E-state index contributed by atoms with van der Waals surface area (Å²) in [4.78, 5) is 22.6. The predicted molar refractivity (Wildman–Crippen MR) is 67.1 cm³/mol. The molecule has 2 rings (SSSR count). The van der Waals surface area contributed by atoms with Crippen LogP contribution < -0.4 is 5.73 Å². The van der Waals surface area contributed by atoms with E-state index in [0.29, 0.717) is 12.2 Å². The van der Waals surface area contributed by atoms with Crippen LogP contribution in [-0.4, -0.2) is 23.6 Å². The minimum Gasteiger partial charge on any atom is -0.464 e. The molecule has 0 bridgehead atoms. The summed E-state index contributed by atoms with van der Waals surface area (Å²) >= 11 is 0. The zero-order valence-electron chi connectivity index (χ0n) is 10.1. The molecule has 0 aliphatic carbocycles. The Hall–Kier alpha value is -2.30. The van der Waals surface area contributed by atoms with Crippen LogP contribution in [0.1, 0.15) is 16.9 Å². The fraction of sp³-hybridized carbons (Fsp3) is 0.231. The third-order valence-corrected chi connectivity index (χ3v) is 2.79. The van der Waals surface area contributed by atoms with Gasteiger partial charge in [-0.2, -0.15) is 0 Å². The quantitative estimate of drug-likeness (QED) is 0.826. The predicted octanol–water partition coefficient (Wildman–Crippen LogP) is 1.30. The number of aryl methyl sites for hydroxylation is 1. The van der Waals surface area contributed by atoms with Gasteiger partial charge in [0.2, 0.25) is 5.91 Å². The summed E-state index contributed by atoms with van der Waals surface area (Å²) in [5, 5.41) is 0.933. The molecule has 18 heavy (non-hydrogen) atoms. The number of para-hydroxylation sites is 1. The van der Waals surface area contributed by atoms with Gasteiger partial charge in [-0.3, -0.25) is 4.79 Å². The first-order chi connectivity index (χ1) is 8.63. The lowest BCUT2D eigenvalue weighted by Crippen LogP contribution is -2.17. The minimum atomic E-state index is -0.421. The molecule has 0 saturated heterocycles. The number of carbonyl (C=O) groups excluding carboxylic acids is 2. The van der Waals surface area contributed by atoms with Crippen molar-refractivity contribution in [2.45, 2.75) is 13.0 Å². The average molecular weight is 246 g/mol. The first-order valence-corrected chi connectivity index (χ1v) is 5.58. The highest BCUT2D eigenvalue weighted by molar-refractivity contribution is 5.95. The Morgan fingerprint density at radius 3 is 2.72 bits per heavy atom. The van der Waals surface area contributed by atoms with Crippen molar-refractivity contribution in [3.63, 3.8) is 0 Å². The molecule has 5 heteroatoms. The minimum absolute atomic E-state index is 0.183. The van der Waals surface area contributed by atoms with Gasteiger partial charge < -0.3 is 15.0 Å². The number of methoxy groups -OCH3 is 1. The van der Waals surface area contributed by atoms with Gasteiger partial charge in [0.1, 0.15) is 5.69 Å². The lowest BCUT2D eigenvalue weighted by molar-refractivity contribution is -0.118. The molecule has 5 nitrogen and oxygen atoms in total. The van der Waals surface area contributed by atoms with Crippen LogP contribution in [0.4, 0.5) is 0 Å². The lowest BCUT2D eigenvalue weighted by atomic mass is 10.2. The van der Waals surface area contributed by atoms with E-state index in [4.69, 9.17) is 10.5 Å². The Kier molecular flexibility index (Phi) is 3.32. The van der Waals surface area contributed by atoms with E-state index in [1.54, 1.807) is 10.6 Å². The van der Waals surface area contributed by atoms with E-state index < -0.39 is 11.9 Å². The van der Waals surface area contributed by atoms with E-state index in [-0.39, 0.29) is 6.42 Å². The van der Waals surface area contributed by atoms with Gasteiger partial charge in [0.25, 0.3) is 0 Å². The van der Waals surface area contributed by atoms with Crippen molar-refractivity contribution in [2.75, 3.05) is 7.11 Å². The van der Waals surface area contributed by atoms with E-state index in [0.717, 1.165) is 10.9 Å². The smallest absolute Gasteiger partial charge is 0.354 e. The Bertz CT molecular complexity index is 601. The van der Waals surface area contributed by atoms with Crippen molar-refractivity contribution in [1.82, 2.24) is 4.57 Å². The molecule has 0 aliphatic rings. The maximum Gasteiger partial charge on any atom is 0.354 e. The van der Waals surface area contributed by atoms with Crippen molar-refractivity contribution in [3.05, 3.63) is 36.0 Å². The molecule has 2 aromatic rings. The highest BCUT2D eigenvalue weighted by Gasteiger charge is 2.15. The molecule has 0 spiro atoms. The summed E-state index contributed by atoms with van der Waals surface area (Å²) in [5.74, 6) is -0.820. The van der Waals surface area contributed by atoms with Gasteiger partial charge in [-0.25, -0.2) is 4.79 Å². The molecular weight excluding hydrogens is 232 g/mol. The largest absolute Gasteiger partial charge is 0.464 e. The standard InChI is InChI=1S/C13H14N2O3/c1-18-13(17)11-8-9-4-2-3-5-10(9)15(11)7-6-12(14)16/h2-5,8H,6-7H2,1H3,(H2,14,16). The van der Waals surface area contributed by atoms with Crippen molar-refractivity contribution >= 4 is 22.8 Å². The number of nitrogens with zero attached hydrogens (tertiary/aromatic N) is 1. The number of aromatic nitrogens is 1. The zero-order chi connectivity index (χ0) is 13.1. The third-order valence-electron chi connectivity index (χ3n) is 2.79. The molecule has 1 heterocycles. The summed E-state index contributed by atoms with van der Waals surface area (Å²) in [5.41, 5.74) is 6.46. The van der Waals surface area contributed by atoms with Crippen LogP contribution in [0.15, 0.2) is 30.3 Å². The van der Waals surface area contributed by atoms with Crippen LogP contribution in [0.25, 0.3) is 10.9 Å². The normalized spacial score (nSPS) is 10.5.